The van der Waals surface area contributed by atoms with Gasteiger partial charge in [-0.1, -0.05) is 45.1 Å². The van der Waals surface area contributed by atoms with Gasteiger partial charge in [-0.15, -0.1) is 0 Å². The number of unbranched alkanes of at least 4 members (excludes halogenated alkanes) is 5. The normalized spacial score (nSPS) is 10.5. The van der Waals surface area contributed by atoms with E-state index in [1.165, 1.54) is 32.1 Å². The quantitative estimate of drug-likeness (QED) is 0.653. The number of hydrogen-bond acceptors (Lipinski definition) is 3. The van der Waals surface area contributed by atoms with Gasteiger partial charge in [0.05, 0.1) is 13.7 Å². The summed E-state index contributed by atoms with van der Waals surface area (Å²) >= 11 is 0. The third-order valence-electron chi connectivity index (χ3n) is 3.25. The van der Waals surface area contributed by atoms with Crippen molar-refractivity contribution >= 4 is 0 Å². The van der Waals surface area contributed by atoms with Crippen molar-refractivity contribution in [2.24, 2.45) is 5.73 Å². The Labute approximate surface area is 117 Å². The molecule has 0 unspecified atom stereocenters. The Kier molecular flexibility index (Phi) is 8.07. The molecule has 0 radical (unpaired) electrons. The standard InChI is InChI=1S/C16H27NO2/c1-3-4-5-6-7-8-11-19-16-12-15(18-2)10-9-14(16)13-17/h9-10,12H,3-8,11,13,17H2,1-2H3. The van der Waals surface area contributed by atoms with Crippen LogP contribution in [0, 0.1) is 0 Å². The third-order valence-corrected chi connectivity index (χ3v) is 3.25. The number of rotatable bonds is 10. The molecule has 0 aromatic heterocycles. The van der Waals surface area contributed by atoms with E-state index in [0.29, 0.717) is 6.54 Å². The van der Waals surface area contributed by atoms with Gasteiger partial charge in [-0.2, -0.15) is 0 Å². The van der Waals surface area contributed by atoms with Gasteiger partial charge >= 0.3 is 0 Å². The second kappa shape index (κ2) is 9.68. The maximum Gasteiger partial charge on any atom is 0.127 e. The van der Waals surface area contributed by atoms with Crippen LogP contribution in [-0.2, 0) is 6.54 Å². The lowest BCUT2D eigenvalue weighted by molar-refractivity contribution is 0.299. The molecular formula is C16H27NO2. The van der Waals surface area contributed by atoms with E-state index in [4.69, 9.17) is 15.2 Å². The van der Waals surface area contributed by atoms with E-state index in [2.05, 4.69) is 6.92 Å². The maximum atomic E-state index is 5.82. The highest BCUT2D eigenvalue weighted by Crippen LogP contribution is 2.24. The molecule has 1 aromatic rings. The SMILES string of the molecule is CCCCCCCCOc1cc(OC)ccc1CN. The summed E-state index contributed by atoms with van der Waals surface area (Å²) in [6.45, 7) is 3.49. The Balaban J connectivity index is 2.31. The first kappa shape index (κ1) is 15.8. The Hall–Kier alpha value is -1.22. The highest BCUT2D eigenvalue weighted by atomic mass is 16.5. The van der Waals surface area contributed by atoms with Gasteiger partial charge in [-0.05, 0) is 12.5 Å². The van der Waals surface area contributed by atoms with Crippen LogP contribution in [-0.4, -0.2) is 13.7 Å². The Bertz CT molecular complexity index is 353. The summed E-state index contributed by atoms with van der Waals surface area (Å²) in [5, 5.41) is 0. The first-order valence-electron chi connectivity index (χ1n) is 7.31. The molecule has 0 fully saturated rings. The smallest absolute Gasteiger partial charge is 0.127 e. The molecular weight excluding hydrogens is 238 g/mol. The summed E-state index contributed by atoms with van der Waals surface area (Å²) in [7, 11) is 1.66. The van der Waals surface area contributed by atoms with Gasteiger partial charge in [-0.3, -0.25) is 0 Å². The molecule has 0 amide bonds. The van der Waals surface area contributed by atoms with Crippen molar-refractivity contribution in [2.75, 3.05) is 13.7 Å². The lowest BCUT2D eigenvalue weighted by Gasteiger charge is -2.12. The largest absolute Gasteiger partial charge is 0.497 e. The molecule has 0 atom stereocenters. The molecule has 2 N–H and O–H groups in total. The molecule has 1 aromatic carbocycles. The molecule has 0 aliphatic heterocycles. The fourth-order valence-electron chi connectivity index (χ4n) is 2.03. The summed E-state index contributed by atoms with van der Waals surface area (Å²) in [6.07, 6.45) is 7.61. The lowest BCUT2D eigenvalue weighted by Crippen LogP contribution is -2.04. The molecule has 0 aliphatic rings. The topological polar surface area (TPSA) is 44.5 Å². The van der Waals surface area contributed by atoms with Gasteiger partial charge in [0, 0.05) is 18.2 Å². The average molecular weight is 265 g/mol. The van der Waals surface area contributed by atoms with Gasteiger partial charge < -0.3 is 15.2 Å². The van der Waals surface area contributed by atoms with Crippen LogP contribution in [0.2, 0.25) is 0 Å². The molecule has 19 heavy (non-hydrogen) atoms. The molecule has 0 heterocycles. The van der Waals surface area contributed by atoms with E-state index >= 15 is 0 Å². The van der Waals surface area contributed by atoms with Crippen molar-refractivity contribution in [3.63, 3.8) is 0 Å². The number of ether oxygens (including phenoxy) is 2. The van der Waals surface area contributed by atoms with Crippen molar-refractivity contribution < 1.29 is 9.47 Å². The molecule has 0 saturated carbocycles. The van der Waals surface area contributed by atoms with Gasteiger partial charge in [0.15, 0.2) is 0 Å². The van der Waals surface area contributed by atoms with Gasteiger partial charge in [-0.25, -0.2) is 0 Å². The van der Waals surface area contributed by atoms with Gasteiger partial charge in [0.25, 0.3) is 0 Å². The minimum Gasteiger partial charge on any atom is -0.497 e. The summed E-state index contributed by atoms with van der Waals surface area (Å²) in [4.78, 5) is 0. The van der Waals surface area contributed by atoms with E-state index in [1.807, 2.05) is 18.2 Å². The number of nitrogens with two attached hydrogens (primary N) is 1. The zero-order valence-electron chi connectivity index (χ0n) is 12.3. The van der Waals surface area contributed by atoms with E-state index < -0.39 is 0 Å². The molecule has 0 aliphatic carbocycles. The van der Waals surface area contributed by atoms with Crippen molar-refractivity contribution in [1.82, 2.24) is 0 Å². The Morgan fingerprint density at radius 2 is 1.79 bits per heavy atom. The van der Waals surface area contributed by atoms with E-state index in [0.717, 1.165) is 30.1 Å². The van der Waals surface area contributed by atoms with Crippen molar-refractivity contribution in [3.8, 4) is 11.5 Å². The van der Waals surface area contributed by atoms with Crippen LogP contribution in [0.15, 0.2) is 18.2 Å². The molecule has 0 saturated heterocycles. The molecule has 3 nitrogen and oxygen atoms in total. The van der Waals surface area contributed by atoms with Gasteiger partial charge in [0.1, 0.15) is 11.5 Å². The summed E-state index contributed by atoms with van der Waals surface area (Å²) < 4.78 is 11.0. The summed E-state index contributed by atoms with van der Waals surface area (Å²) in [5.74, 6) is 1.67. The van der Waals surface area contributed by atoms with Crippen LogP contribution in [0.1, 0.15) is 51.0 Å². The Morgan fingerprint density at radius 3 is 2.47 bits per heavy atom. The van der Waals surface area contributed by atoms with Crippen LogP contribution in [0.25, 0.3) is 0 Å². The zero-order valence-corrected chi connectivity index (χ0v) is 12.3. The minimum absolute atomic E-state index is 0.496. The van der Waals surface area contributed by atoms with Crippen molar-refractivity contribution in [1.29, 1.82) is 0 Å². The monoisotopic (exact) mass is 265 g/mol. The fourth-order valence-corrected chi connectivity index (χ4v) is 2.03. The van der Waals surface area contributed by atoms with Crippen LogP contribution in [0.4, 0.5) is 0 Å². The molecule has 108 valence electrons. The van der Waals surface area contributed by atoms with Crippen molar-refractivity contribution in [3.05, 3.63) is 23.8 Å². The minimum atomic E-state index is 0.496. The lowest BCUT2D eigenvalue weighted by atomic mass is 10.1. The second-order valence-electron chi connectivity index (χ2n) is 4.79. The average Bonchev–Trinajstić information content (AvgIpc) is 2.46. The van der Waals surface area contributed by atoms with Crippen LogP contribution in [0.5, 0.6) is 11.5 Å². The third kappa shape index (κ3) is 5.97. The predicted molar refractivity (Wildman–Crippen MR) is 79.8 cm³/mol. The number of methoxy groups -OCH3 is 1. The van der Waals surface area contributed by atoms with Crippen LogP contribution in [0.3, 0.4) is 0 Å². The zero-order chi connectivity index (χ0) is 13.9. The Morgan fingerprint density at radius 1 is 1.05 bits per heavy atom. The second-order valence-corrected chi connectivity index (χ2v) is 4.79. The van der Waals surface area contributed by atoms with E-state index in [-0.39, 0.29) is 0 Å². The van der Waals surface area contributed by atoms with Gasteiger partial charge in [0.2, 0.25) is 0 Å². The predicted octanol–water partition coefficient (Wildman–Crippen LogP) is 3.89. The maximum absolute atomic E-state index is 5.82. The highest BCUT2D eigenvalue weighted by molar-refractivity contribution is 5.40. The van der Waals surface area contributed by atoms with E-state index in [1.54, 1.807) is 7.11 Å². The van der Waals surface area contributed by atoms with Crippen LogP contribution >= 0.6 is 0 Å². The van der Waals surface area contributed by atoms with E-state index in [9.17, 15) is 0 Å². The number of hydrogen-bond donors (Lipinski definition) is 1. The van der Waals surface area contributed by atoms with Crippen molar-refractivity contribution in [2.45, 2.75) is 52.0 Å². The first-order valence-corrected chi connectivity index (χ1v) is 7.31. The molecule has 1 rings (SSSR count). The highest BCUT2D eigenvalue weighted by Gasteiger charge is 2.04. The molecule has 0 bridgehead atoms. The summed E-state index contributed by atoms with van der Waals surface area (Å²) in [6, 6.07) is 5.80. The number of benzene rings is 1. The molecule has 3 heteroatoms. The fraction of sp³-hybridized carbons (Fsp3) is 0.625. The summed E-state index contributed by atoms with van der Waals surface area (Å²) in [5.41, 5.74) is 6.74. The molecule has 0 spiro atoms. The van der Waals surface area contributed by atoms with Crippen LogP contribution < -0.4 is 15.2 Å². The first-order chi connectivity index (χ1) is 9.31.